The number of aromatic amines is 1. The molecular formula is C25H19ClF2N6. The maximum atomic E-state index is 14.1. The number of nitrogens with zero attached hydrogens (tertiary/aromatic N) is 4. The Kier molecular flexibility index (Phi) is 5.90. The molecule has 34 heavy (non-hydrogen) atoms. The Hall–Kier alpha value is -3.91. The van der Waals surface area contributed by atoms with Crippen LogP contribution in [0.3, 0.4) is 0 Å². The first-order valence-corrected chi connectivity index (χ1v) is 11.0. The van der Waals surface area contributed by atoms with Crippen molar-refractivity contribution in [1.29, 1.82) is 0 Å². The lowest BCUT2D eigenvalue weighted by Crippen LogP contribution is -2.09. The molecule has 2 aromatic carbocycles. The number of pyridine rings is 1. The van der Waals surface area contributed by atoms with Crippen LogP contribution in [0.2, 0.25) is 5.02 Å². The van der Waals surface area contributed by atoms with E-state index in [0.717, 1.165) is 22.3 Å². The standard InChI is InChI=1S/C25H19ClF2N6/c1-14-18(26)9-16(7-8-29-24-23-25(31-12-30-23)33-13-32-24)22(15-5-3-2-4-6-15)21(14)17-10-19(27)34-20(28)11-17/h2-6,9-13H,7-8H2,1H3,(H2,29,30,31,32,33). The van der Waals surface area contributed by atoms with Crippen LogP contribution in [0.4, 0.5) is 14.6 Å². The van der Waals surface area contributed by atoms with Crippen LogP contribution >= 0.6 is 11.6 Å². The van der Waals surface area contributed by atoms with Crippen LogP contribution in [0.1, 0.15) is 11.1 Å². The second kappa shape index (κ2) is 9.15. The van der Waals surface area contributed by atoms with Crippen molar-refractivity contribution < 1.29 is 8.78 Å². The van der Waals surface area contributed by atoms with E-state index in [-0.39, 0.29) is 0 Å². The molecule has 0 spiro atoms. The number of rotatable bonds is 6. The summed E-state index contributed by atoms with van der Waals surface area (Å²) in [4.78, 5) is 18.9. The van der Waals surface area contributed by atoms with Gasteiger partial charge in [0.25, 0.3) is 0 Å². The summed E-state index contributed by atoms with van der Waals surface area (Å²) in [6.07, 6.45) is 3.60. The van der Waals surface area contributed by atoms with Crippen molar-refractivity contribution in [3.05, 3.63) is 89.2 Å². The molecule has 3 aromatic heterocycles. The Morgan fingerprint density at radius 3 is 2.47 bits per heavy atom. The number of imidazole rings is 1. The van der Waals surface area contributed by atoms with Gasteiger partial charge in [-0.05, 0) is 52.8 Å². The SMILES string of the molecule is Cc1c(Cl)cc(CCNc2ncnc3[nH]cnc23)c(-c2ccccc2)c1-c1cc(F)nc(F)c1. The summed E-state index contributed by atoms with van der Waals surface area (Å²) < 4.78 is 28.1. The van der Waals surface area contributed by atoms with Crippen LogP contribution in [0.25, 0.3) is 33.4 Å². The van der Waals surface area contributed by atoms with E-state index in [1.807, 2.05) is 43.3 Å². The van der Waals surface area contributed by atoms with E-state index in [2.05, 4.69) is 30.2 Å². The molecule has 5 aromatic rings. The van der Waals surface area contributed by atoms with Gasteiger partial charge in [-0.15, -0.1) is 0 Å². The molecule has 6 nitrogen and oxygen atoms in total. The largest absolute Gasteiger partial charge is 0.368 e. The highest BCUT2D eigenvalue weighted by atomic mass is 35.5. The summed E-state index contributed by atoms with van der Waals surface area (Å²) in [5.41, 5.74) is 5.78. The molecule has 5 rings (SSSR count). The van der Waals surface area contributed by atoms with E-state index >= 15 is 0 Å². The predicted molar refractivity (Wildman–Crippen MR) is 129 cm³/mol. The molecule has 9 heteroatoms. The summed E-state index contributed by atoms with van der Waals surface area (Å²) in [5.74, 6) is -1.16. The average Bonchev–Trinajstić information content (AvgIpc) is 3.31. The van der Waals surface area contributed by atoms with Crippen LogP contribution in [0.5, 0.6) is 0 Å². The molecule has 0 aliphatic heterocycles. The van der Waals surface area contributed by atoms with Gasteiger partial charge in [0.1, 0.15) is 11.8 Å². The number of anilines is 1. The van der Waals surface area contributed by atoms with Gasteiger partial charge in [-0.25, -0.2) is 15.0 Å². The van der Waals surface area contributed by atoms with Crippen LogP contribution in [-0.2, 0) is 6.42 Å². The monoisotopic (exact) mass is 476 g/mol. The molecular weight excluding hydrogens is 458 g/mol. The molecule has 0 amide bonds. The molecule has 3 heterocycles. The number of hydrogen-bond acceptors (Lipinski definition) is 5. The second-order valence-electron chi connectivity index (χ2n) is 7.76. The third kappa shape index (κ3) is 4.20. The van der Waals surface area contributed by atoms with Crippen molar-refractivity contribution in [2.45, 2.75) is 13.3 Å². The zero-order chi connectivity index (χ0) is 23.7. The van der Waals surface area contributed by atoms with Crippen LogP contribution < -0.4 is 5.32 Å². The first-order chi connectivity index (χ1) is 16.5. The topological polar surface area (TPSA) is 79.4 Å². The zero-order valence-electron chi connectivity index (χ0n) is 18.1. The smallest absolute Gasteiger partial charge is 0.216 e. The zero-order valence-corrected chi connectivity index (χ0v) is 18.9. The fraction of sp³-hybridized carbons (Fsp3) is 0.120. The Labute approximate surface area is 199 Å². The number of nitrogens with one attached hydrogen (secondary N) is 2. The number of aromatic nitrogens is 5. The predicted octanol–water partition coefficient (Wildman–Crippen LogP) is 5.98. The molecule has 0 unspecified atom stereocenters. The summed E-state index contributed by atoms with van der Waals surface area (Å²) >= 11 is 6.61. The number of fused-ring (bicyclic) bond motifs is 1. The summed E-state index contributed by atoms with van der Waals surface area (Å²) in [6.45, 7) is 2.37. The van der Waals surface area contributed by atoms with Gasteiger partial charge in [0, 0.05) is 23.7 Å². The van der Waals surface area contributed by atoms with Crippen molar-refractivity contribution in [3.63, 3.8) is 0 Å². The maximum absolute atomic E-state index is 14.1. The number of hydrogen-bond donors (Lipinski definition) is 2. The van der Waals surface area contributed by atoms with Gasteiger partial charge in [0.15, 0.2) is 11.5 Å². The molecule has 170 valence electrons. The highest BCUT2D eigenvalue weighted by Gasteiger charge is 2.19. The first-order valence-electron chi connectivity index (χ1n) is 10.6. The molecule has 0 aliphatic carbocycles. The lowest BCUT2D eigenvalue weighted by Gasteiger charge is -2.20. The maximum Gasteiger partial charge on any atom is 0.216 e. The highest BCUT2D eigenvalue weighted by molar-refractivity contribution is 6.32. The number of benzene rings is 2. The molecule has 0 saturated carbocycles. The van der Waals surface area contributed by atoms with Crippen molar-refractivity contribution in [2.75, 3.05) is 11.9 Å². The van der Waals surface area contributed by atoms with Gasteiger partial charge >= 0.3 is 0 Å². The van der Waals surface area contributed by atoms with Crippen LogP contribution in [0.15, 0.2) is 61.2 Å². The molecule has 0 bridgehead atoms. The third-order valence-electron chi connectivity index (χ3n) is 5.62. The first kappa shape index (κ1) is 21.9. The van der Waals surface area contributed by atoms with E-state index < -0.39 is 11.9 Å². The second-order valence-corrected chi connectivity index (χ2v) is 8.17. The Bertz CT molecular complexity index is 1470. The highest BCUT2D eigenvalue weighted by Crippen LogP contribution is 2.41. The van der Waals surface area contributed by atoms with Gasteiger partial charge < -0.3 is 10.3 Å². The molecule has 0 atom stereocenters. The van der Waals surface area contributed by atoms with E-state index in [4.69, 9.17) is 11.6 Å². The minimum atomic E-state index is -0.886. The quantitative estimate of drug-likeness (QED) is 0.295. The van der Waals surface area contributed by atoms with Crippen LogP contribution in [-0.4, -0.2) is 31.5 Å². The van der Waals surface area contributed by atoms with E-state index in [1.165, 1.54) is 18.5 Å². The Morgan fingerprint density at radius 1 is 0.941 bits per heavy atom. The fourth-order valence-electron chi connectivity index (χ4n) is 4.11. The van der Waals surface area contributed by atoms with Gasteiger partial charge in [-0.3, -0.25) is 0 Å². The lowest BCUT2D eigenvalue weighted by atomic mass is 9.86. The number of halogens is 3. The Morgan fingerprint density at radius 2 is 1.71 bits per heavy atom. The molecule has 0 aliphatic rings. The fourth-order valence-corrected chi connectivity index (χ4v) is 4.34. The summed E-state index contributed by atoms with van der Waals surface area (Å²) in [5, 5.41) is 3.82. The molecule has 0 saturated heterocycles. The van der Waals surface area contributed by atoms with Gasteiger partial charge in [0.05, 0.1) is 6.33 Å². The number of H-pyrrole nitrogens is 1. The Balaban J connectivity index is 1.59. The van der Waals surface area contributed by atoms with Gasteiger partial charge in [-0.1, -0.05) is 41.9 Å². The molecule has 0 radical (unpaired) electrons. The van der Waals surface area contributed by atoms with Gasteiger partial charge in [0.2, 0.25) is 11.9 Å². The van der Waals surface area contributed by atoms with Crippen molar-refractivity contribution in [3.8, 4) is 22.3 Å². The third-order valence-corrected chi connectivity index (χ3v) is 6.02. The summed E-state index contributed by atoms with van der Waals surface area (Å²) in [7, 11) is 0. The lowest BCUT2D eigenvalue weighted by molar-refractivity contribution is 0.513. The van der Waals surface area contributed by atoms with E-state index in [9.17, 15) is 8.78 Å². The van der Waals surface area contributed by atoms with Crippen molar-refractivity contribution in [1.82, 2.24) is 24.9 Å². The van der Waals surface area contributed by atoms with E-state index in [0.29, 0.717) is 46.1 Å². The molecule has 2 N–H and O–H groups in total. The summed E-state index contributed by atoms with van der Waals surface area (Å²) in [6, 6.07) is 14.1. The van der Waals surface area contributed by atoms with Gasteiger partial charge in [-0.2, -0.15) is 13.8 Å². The van der Waals surface area contributed by atoms with Crippen LogP contribution in [0, 0.1) is 18.8 Å². The van der Waals surface area contributed by atoms with E-state index in [1.54, 1.807) is 6.33 Å². The minimum absolute atomic E-state index is 0.382. The normalized spacial score (nSPS) is 11.2. The van der Waals surface area contributed by atoms with Crippen molar-refractivity contribution >= 4 is 28.6 Å². The minimum Gasteiger partial charge on any atom is -0.368 e. The molecule has 0 fully saturated rings. The average molecular weight is 477 g/mol. The van der Waals surface area contributed by atoms with Crippen molar-refractivity contribution in [2.24, 2.45) is 0 Å².